The predicted molar refractivity (Wildman–Crippen MR) is 136 cm³/mol. The fraction of sp³-hybridized carbons (Fsp3) is 0.214. The van der Waals surface area contributed by atoms with Crippen molar-refractivity contribution < 1.29 is 4.79 Å². The molecule has 2 aromatic carbocycles. The number of rotatable bonds is 6. The number of thioether (sulfide) groups is 1. The van der Waals surface area contributed by atoms with Crippen molar-refractivity contribution in [1.29, 1.82) is 0 Å². The zero-order valence-electron chi connectivity index (χ0n) is 18.9. The molecule has 1 saturated heterocycles. The Kier molecular flexibility index (Phi) is 6.96. The summed E-state index contributed by atoms with van der Waals surface area (Å²) in [5.41, 5.74) is 4.16. The summed E-state index contributed by atoms with van der Waals surface area (Å²) in [7, 11) is 0. The molecular weight excluding hydrogens is 440 g/mol. The van der Waals surface area contributed by atoms with E-state index >= 15 is 0 Å². The number of nitrogens with zero attached hydrogens (tertiary/aromatic N) is 4. The fourth-order valence-corrected chi connectivity index (χ4v) is 5.16. The van der Waals surface area contributed by atoms with E-state index in [1.165, 1.54) is 0 Å². The average molecular weight is 467 g/mol. The number of amides is 1. The van der Waals surface area contributed by atoms with Gasteiger partial charge in [0.25, 0.3) is 0 Å². The molecule has 34 heavy (non-hydrogen) atoms. The Hall–Kier alpha value is -3.51. The molecule has 0 spiro atoms. The Morgan fingerprint density at radius 1 is 0.882 bits per heavy atom. The number of piperidine rings is 1. The van der Waals surface area contributed by atoms with Crippen LogP contribution in [-0.4, -0.2) is 44.6 Å². The number of hydrogen-bond acceptors (Lipinski definition) is 5. The highest BCUT2D eigenvalue weighted by Crippen LogP contribution is 2.35. The topological polar surface area (TPSA) is 59.0 Å². The smallest absolute Gasteiger partial charge is 0.232 e. The number of benzene rings is 2. The number of pyridine rings is 1. The zero-order valence-corrected chi connectivity index (χ0v) is 19.7. The van der Waals surface area contributed by atoms with E-state index in [1.54, 1.807) is 24.2 Å². The van der Waals surface area contributed by atoms with Gasteiger partial charge in [0.15, 0.2) is 5.82 Å². The van der Waals surface area contributed by atoms with E-state index in [0.29, 0.717) is 11.6 Å². The molecule has 1 fully saturated rings. The molecule has 0 unspecified atom stereocenters. The molecule has 1 aliphatic heterocycles. The molecule has 5 nitrogen and oxygen atoms in total. The van der Waals surface area contributed by atoms with E-state index < -0.39 is 0 Å². The normalized spacial score (nSPS) is 14.2. The van der Waals surface area contributed by atoms with Crippen LogP contribution in [0.25, 0.3) is 22.5 Å². The summed E-state index contributed by atoms with van der Waals surface area (Å²) in [6, 6.07) is 24.3. The lowest BCUT2D eigenvalue weighted by molar-refractivity contribution is -0.129. The second-order valence-corrected chi connectivity index (χ2v) is 9.41. The molecule has 5 rings (SSSR count). The quantitative estimate of drug-likeness (QED) is 0.341. The Bertz CT molecular complexity index is 1230. The Labute approximate surface area is 204 Å². The van der Waals surface area contributed by atoms with Crippen molar-refractivity contribution in [2.45, 2.75) is 23.7 Å². The molecule has 0 bridgehead atoms. The minimum absolute atomic E-state index is 0.203. The first-order valence-corrected chi connectivity index (χ1v) is 12.5. The molecule has 170 valence electrons. The highest BCUT2D eigenvalue weighted by Gasteiger charge is 2.27. The fourth-order valence-electron chi connectivity index (χ4n) is 4.34. The minimum atomic E-state index is 0.203. The minimum Gasteiger partial charge on any atom is -0.342 e. The molecule has 4 aromatic rings. The van der Waals surface area contributed by atoms with E-state index in [1.807, 2.05) is 71.8 Å². The Balaban J connectivity index is 1.33. The first-order chi connectivity index (χ1) is 16.8. The predicted octanol–water partition coefficient (Wildman–Crippen LogP) is 5.70. The third-order valence-corrected chi connectivity index (χ3v) is 7.16. The Morgan fingerprint density at radius 2 is 1.59 bits per heavy atom. The van der Waals surface area contributed by atoms with Gasteiger partial charge in [-0.3, -0.25) is 9.78 Å². The summed E-state index contributed by atoms with van der Waals surface area (Å²) in [5, 5.41) is 0. The van der Waals surface area contributed by atoms with Crippen LogP contribution in [0.2, 0.25) is 0 Å². The monoisotopic (exact) mass is 466 g/mol. The second-order valence-electron chi connectivity index (χ2n) is 8.36. The van der Waals surface area contributed by atoms with Crippen LogP contribution < -0.4 is 0 Å². The van der Waals surface area contributed by atoms with Crippen LogP contribution >= 0.6 is 11.8 Å². The van der Waals surface area contributed by atoms with Gasteiger partial charge in [0, 0.05) is 53.6 Å². The van der Waals surface area contributed by atoms with Gasteiger partial charge in [0.2, 0.25) is 5.91 Å². The molecule has 0 atom stereocenters. The molecule has 3 heterocycles. The molecular formula is C28H26N4OS. The van der Waals surface area contributed by atoms with Crippen LogP contribution in [0.5, 0.6) is 0 Å². The number of hydrogen-bond donors (Lipinski definition) is 0. The maximum atomic E-state index is 12.8. The lowest BCUT2D eigenvalue weighted by Crippen LogP contribution is -2.39. The van der Waals surface area contributed by atoms with Crippen LogP contribution in [0.4, 0.5) is 0 Å². The third kappa shape index (κ3) is 5.18. The van der Waals surface area contributed by atoms with E-state index in [4.69, 9.17) is 4.98 Å². The van der Waals surface area contributed by atoms with Crippen molar-refractivity contribution in [3.63, 3.8) is 0 Å². The highest BCUT2D eigenvalue weighted by molar-refractivity contribution is 8.00. The third-order valence-electron chi connectivity index (χ3n) is 6.16. The van der Waals surface area contributed by atoms with Crippen LogP contribution in [0.1, 0.15) is 24.5 Å². The Morgan fingerprint density at radius 3 is 2.29 bits per heavy atom. The molecule has 6 heteroatoms. The SMILES string of the molecule is O=C(CSc1ccccc1)N1CCC(c2nc(-c3cccnc3)ncc2-c2ccccc2)CC1. The van der Waals surface area contributed by atoms with E-state index in [-0.39, 0.29) is 11.8 Å². The van der Waals surface area contributed by atoms with E-state index in [0.717, 1.165) is 53.2 Å². The van der Waals surface area contributed by atoms with Gasteiger partial charge in [0.05, 0.1) is 11.4 Å². The molecule has 0 N–H and O–H groups in total. The van der Waals surface area contributed by atoms with E-state index in [2.05, 4.69) is 22.1 Å². The molecule has 0 aliphatic carbocycles. The van der Waals surface area contributed by atoms with Crippen LogP contribution in [-0.2, 0) is 4.79 Å². The molecule has 0 radical (unpaired) electrons. The summed E-state index contributed by atoms with van der Waals surface area (Å²) in [4.78, 5) is 29.9. The first kappa shape index (κ1) is 22.3. The van der Waals surface area contributed by atoms with Crippen molar-refractivity contribution in [2.24, 2.45) is 0 Å². The van der Waals surface area contributed by atoms with Crippen LogP contribution in [0, 0.1) is 0 Å². The molecule has 1 aliphatic rings. The van der Waals surface area contributed by atoms with Gasteiger partial charge in [-0.05, 0) is 42.7 Å². The van der Waals surface area contributed by atoms with Gasteiger partial charge in [-0.2, -0.15) is 0 Å². The average Bonchev–Trinajstić information content (AvgIpc) is 2.93. The largest absolute Gasteiger partial charge is 0.342 e. The summed E-state index contributed by atoms with van der Waals surface area (Å²) in [6.45, 7) is 1.50. The summed E-state index contributed by atoms with van der Waals surface area (Å²) in [6.07, 6.45) is 7.28. The summed E-state index contributed by atoms with van der Waals surface area (Å²) < 4.78 is 0. The zero-order chi connectivity index (χ0) is 23.2. The number of likely N-dealkylation sites (tertiary alicyclic amines) is 1. The maximum absolute atomic E-state index is 12.8. The van der Waals surface area contributed by atoms with Gasteiger partial charge in [-0.15, -0.1) is 11.8 Å². The number of aromatic nitrogens is 3. The van der Waals surface area contributed by atoms with Gasteiger partial charge in [0.1, 0.15) is 0 Å². The van der Waals surface area contributed by atoms with Gasteiger partial charge in [-0.1, -0.05) is 48.5 Å². The van der Waals surface area contributed by atoms with Crippen molar-refractivity contribution >= 4 is 17.7 Å². The van der Waals surface area contributed by atoms with Gasteiger partial charge >= 0.3 is 0 Å². The lowest BCUT2D eigenvalue weighted by Gasteiger charge is -2.32. The van der Waals surface area contributed by atoms with Crippen molar-refractivity contribution in [3.05, 3.63) is 97.1 Å². The highest BCUT2D eigenvalue weighted by atomic mass is 32.2. The van der Waals surface area contributed by atoms with Crippen molar-refractivity contribution in [3.8, 4) is 22.5 Å². The van der Waals surface area contributed by atoms with Crippen molar-refractivity contribution in [2.75, 3.05) is 18.8 Å². The number of carbonyl (C=O) groups excluding carboxylic acids is 1. The first-order valence-electron chi connectivity index (χ1n) is 11.6. The van der Waals surface area contributed by atoms with Crippen molar-refractivity contribution in [1.82, 2.24) is 19.9 Å². The van der Waals surface area contributed by atoms with Crippen LogP contribution in [0.3, 0.4) is 0 Å². The maximum Gasteiger partial charge on any atom is 0.232 e. The second kappa shape index (κ2) is 10.6. The van der Waals surface area contributed by atoms with E-state index in [9.17, 15) is 4.79 Å². The molecule has 1 amide bonds. The molecule has 2 aromatic heterocycles. The van der Waals surface area contributed by atoms with Gasteiger partial charge in [-0.25, -0.2) is 9.97 Å². The van der Waals surface area contributed by atoms with Gasteiger partial charge < -0.3 is 4.90 Å². The summed E-state index contributed by atoms with van der Waals surface area (Å²) >= 11 is 1.60. The molecule has 0 saturated carbocycles. The standard InChI is InChI=1S/C28H26N4OS/c33-26(20-34-24-11-5-2-6-12-24)32-16-13-22(14-17-32)27-25(21-8-3-1-4-9-21)19-30-28(31-27)23-10-7-15-29-18-23/h1-12,15,18-19,22H,13-14,16-17,20H2. The lowest BCUT2D eigenvalue weighted by atomic mass is 9.88. The van der Waals surface area contributed by atoms with Crippen LogP contribution in [0.15, 0.2) is 96.3 Å². The summed E-state index contributed by atoms with van der Waals surface area (Å²) in [5.74, 6) is 1.65. The number of carbonyl (C=O) groups is 1.